The zero-order valence-electron chi connectivity index (χ0n) is 10.1. The Bertz CT molecular complexity index is 579. The van der Waals surface area contributed by atoms with Gasteiger partial charge in [0.2, 0.25) is 10.0 Å². The van der Waals surface area contributed by atoms with Crippen molar-refractivity contribution in [2.24, 2.45) is 0 Å². The Morgan fingerprint density at radius 3 is 2.00 bits per heavy atom. The third kappa shape index (κ3) is 3.76. The van der Waals surface area contributed by atoms with E-state index in [0.29, 0.717) is 9.87 Å². The molecule has 104 valence electrons. The van der Waals surface area contributed by atoms with Crippen molar-refractivity contribution in [1.29, 1.82) is 0 Å². The summed E-state index contributed by atoms with van der Waals surface area (Å²) in [6.07, 6.45) is 0. The molecule has 0 aliphatic carbocycles. The molecule has 0 saturated heterocycles. The highest BCUT2D eigenvalue weighted by molar-refractivity contribution is 7.89. The van der Waals surface area contributed by atoms with E-state index in [0.717, 1.165) is 0 Å². The zero-order chi connectivity index (χ0) is 14.6. The number of carboxylic acids is 2. The molecule has 0 aliphatic rings. The maximum absolute atomic E-state index is 12.2. The minimum atomic E-state index is -4.15. The van der Waals surface area contributed by atoms with Gasteiger partial charge in [-0.05, 0) is 18.6 Å². The molecule has 1 rings (SSSR count). The number of hydrogen-bond donors (Lipinski definition) is 2. The van der Waals surface area contributed by atoms with Gasteiger partial charge in [-0.25, -0.2) is 8.42 Å². The first-order valence-electron chi connectivity index (χ1n) is 5.24. The predicted octanol–water partition coefficient (Wildman–Crippen LogP) is 0.155. The summed E-state index contributed by atoms with van der Waals surface area (Å²) in [5, 5.41) is 17.4. The Hall–Kier alpha value is -1.93. The summed E-state index contributed by atoms with van der Waals surface area (Å²) in [6, 6.07) is 5.97. The number of rotatable bonds is 6. The van der Waals surface area contributed by atoms with E-state index in [-0.39, 0.29) is 4.90 Å². The molecule has 0 amide bonds. The predicted molar refractivity (Wildman–Crippen MR) is 65.2 cm³/mol. The molecule has 0 atom stereocenters. The standard InChI is InChI=1S/C11H13NO6S/c1-8-4-2-3-5-9(8)19(17,18)12(6-10(13)14)7-11(15)16/h2-5H,6-7H2,1H3,(H,13,14)(H,15,16). The van der Waals surface area contributed by atoms with Crippen LogP contribution in [0.2, 0.25) is 0 Å². The smallest absolute Gasteiger partial charge is 0.318 e. The summed E-state index contributed by atoms with van der Waals surface area (Å²) >= 11 is 0. The molecular weight excluding hydrogens is 274 g/mol. The van der Waals surface area contributed by atoms with Crippen molar-refractivity contribution in [2.45, 2.75) is 11.8 Å². The quantitative estimate of drug-likeness (QED) is 0.770. The van der Waals surface area contributed by atoms with E-state index in [1.165, 1.54) is 12.1 Å². The molecule has 0 aliphatic heterocycles. The van der Waals surface area contributed by atoms with E-state index in [2.05, 4.69) is 0 Å². The number of benzene rings is 1. The number of nitrogens with zero attached hydrogens (tertiary/aromatic N) is 1. The van der Waals surface area contributed by atoms with Crippen LogP contribution in [0.25, 0.3) is 0 Å². The third-order valence-electron chi connectivity index (χ3n) is 2.33. The summed E-state index contributed by atoms with van der Waals surface area (Å²) in [5.74, 6) is -2.84. The van der Waals surface area contributed by atoms with Crippen LogP contribution in [0.1, 0.15) is 5.56 Å². The van der Waals surface area contributed by atoms with E-state index < -0.39 is 35.1 Å². The fraction of sp³-hybridized carbons (Fsp3) is 0.273. The molecule has 8 heteroatoms. The lowest BCUT2D eigenvalue weighted by molar-refractivity contribution is -0.139. The maximum Gasteiger partial charge on any atom is 0.318 e. The average Bonchev–Trinajstić information content (AvgIpc) is 2.27. The first-order chi connectivity index (χ1) is 8.75. The van der Waals surface area contributed by atoms with Crippen LogP contribution in [0.15, 0.2) is 29.2 Å². The number of carboxylic acid groups (broad SMARTS) is 2. The van der Waals surface area contributed by atoms with Gasteiger partial charge in [0.15, 0.2) is 0 Å². The first-order valence-corrected chi connectivity index (χ1v) is 6.68. The van der Waals surface area contributed by atoms with Crippen molar-refractivity contribution in [2.75, 3.05) is 13.1 Å². The van der Waals surface area contributed by atoms with Crippen LogP contribution in [0, 0.1) is 6.92 Å². The van der Waals surface area contributed by atoms with Crippen molar-refractivity contribution in [3.05, 3.63) is 29.8 Å². The van der Waals surface area contributed by atoms with Crippen molar-refractivity contribution < 1.29 is 28.2 Å². The van der Waals surface area contributed by atoms with Crippen LogP contribution in [-0.2, 0) is 19.6 Å². The minimum absolute atomic E-state index is 0.0995. The fourth-order valence-electron chi connectivity index (χ4n) is 1.51. The van der Waals surface area contributed by atoms with Gasteiger partial charge in [0.25, 0.3) is 0 Å². The van der Waals surface area contributed by atoms with Crippen LogP contribution in [0.3, 0.4) is 0 Å². The third-order valence-corrected chi connectivity index (χ3v) is 4.29. The Kier molecular flexibility index (Phi) is 4.62. The molecular formula is C11H13NO6S. The number of sulfonamides is 1. The lowest BCUT2D eigenvalue weighted by Crippen LogP contribution is -2.39. The molecule has 0 aromatic heterocycles. The summed E-state index contributed by atoms with van der Waals surface area (Å²) in [5.41, 5.74) is 0.420. The van der Waals surface area contributed by atoms with Crippen molar-refractivity contribution >= 4 is 22.0 Å². The Labute approximate surface area is 110 Å². The van der Waals surface area contributed by atoms with Gasteiger partial charge in [-0.2, -0.15) is 4.31 Å². The van der Waals surface area contributed by atoms with Gasteiger partial charge in [0.05, 0.1) is 4.90 Å². The van der Waals surface area contributed by atoms with Gasteiger partial charge in [0.1, 0.15) is 13.1 Å². The Morgan fingerprint density at radius 1 is 1.11 bits per heavy atom. The molecule has 1 aromatic carbocycles. The fourth-order valence-corrected chi connectivity index (χ4v) is 3.08. The average molecular weight is 287 g/mol. The van der Waals surface area contributed by atoms with E-state index in [4.69, 9.17) is 10.2 Å². The topological polar surface area (TPSA) is 112 Å². The lowest BCUT2D eigenvalue weighted by atomic mass is 10.2. The van der Waals surface area contributed by atoms with E-state index in [9.17, 15) is 18.0 Å². The van der Waals surface area contributed by atoms with E-state index >= 15 is 0 Å². The maximum atomic E-state index is 12.2. The SMILES string of the molecule is Cc1ccccc1S(=O)(=O)N(CC(=O)O)CC(=O)O. The van der Waals surface area contributed by atoms with Gasteiger partial charge in [0, 0.05) is 0 Å². The summed E-state index contributed by atoms with van der Waals surface area (Å²) in [4.78, 5) is 21.2. The molecule has 0 spiro atoms. The van der Waals surface area contributed by atoms with Gasteiger partial charge < -0.3 is 10.2 Å². The van der Waals surface area contributed by atoms with Crippen LogP contribution >= 0.6 is 0 Å². The highest BCUT2D eigenvalue weighted by atomic mass is 32.2. The molecule has 7 nitrogen and oxygen atoms in total. The molecule has 0 heterocycles. The molecule has 19 heavy (non-hydrogen) atoms. The summed E-state index contributed by atoms with van der Waals surface area (Å²) in [6.45, 7) is -0.251. The van der Waals surface area contributed by atoms with Crippen molar-refractivity contribution in [3.8, 4) is 0 Å². The van der Waals surface area contributed by atoms with Gasteiger partial charge in [-0.3, -0.25) is 9.59 Å². The highest BCUT2D eigenvalue weighted by Gasteiger charge is 2.29. The lowest BCUT2D eigenvalue weighted by Gasteiger charge is -2.19. The molecule has 2 N–H and O–H groups in total. The minimum Gasteiger partial charge on any atom is -0.480 e. The number of carbonyl (C=O) groups is 2. The number of hydrogen-bond acceptors (Lipinski definition) is 4. The number of aryl methyl sites for hydroxylation is 1. The largest absolute Gasteiger partial charge is 0.480 e. The zero-order valence-corrected chi connectivity index (χ0v) is 10.9. The van der Waals surface area contributed by atoms with Crippen LogP contribution in [-0.4, -0.2) is 48.0 Å². The molecule has 0 fully saturated rings. The van der Waals surface area contributed by atoms with E-state index in [1.54, 1.807) is 19.1 Å². The van der Waals surface area contributed by atoms with Crippen LogP contribution < -0.4 is 0 Å². The molecule has 0 saturated carbocycles. The Morgan fingerprint density at radius 2 is 1.58 bits per heavy atom. The molecule has 0 unspecified atom stereocenters. The first kappa shape index (κ1) is 15.1. The number of aliphatic carboxylic acids is 2. The normalized spacial score (nSPS) is 11.5. The molecule has 1 aromatic rings. The van der Waals surface area contributed by atoms with Crippen molar-refractivity contribution in [1.82, 2.24) is 4.31 Å². The second-order valence-electron chi connectivity index (χ2n) is 3.83. The second-order valence-corrected chi connectivity index (χ2v) is 5.73. The Balaban J connectivity index is 3.23. The monoisotopic (exact) mass is 287 g/mol. The molecule has 0 radical (unpaired) electrons. The van der Waals surface area contributed by atoms with Gasteiger partial charge >= 0.3 is 11.9 Å². The molecule has 0 bridgehead atoms. The second kappa shape index (κ2) is 5.81. The van der Waals surface area contributed by atoms with Crippen LogP contribution in [0.4, 0.5) is 0 Å². The van der Waals surface area contributed by atoms with E-state index in [1.807, 2.05) is 0 Å². The van der Waals surface area contributed by atoms with Crippen LogP contribution in [0.5, 0.6) is 0 Å². The summed E-state index contributed by atoms with van der Waals surface area (Å²) < 4.78 is 24.9. The van der Waals surface area contributed by atoms with Crippen molar-refractivity contribution in [3.63, 3.8) is 0 Å². The van der Waals surface area contributed by atoms with Gasteiger partial charge in [-0.15, -0.1) is 0 Å². The van der Waals surface area contributed by atoms with Gasteiger partial charge in [-0.1, -0.05) is 18.2 Å². The summed E-state index contributed by atoms with van der Waals surface area (Å²) in [7, 11) is -4.15. The highest BCUT2D eigenvalue weighted by Crippen LogP contribution is 2.19.